The molecule has 0 aliphatic carbocycles. The van der Waals surface area contributed by atoms with Gasteiger partial charge in [0.25, 0.3) is 0 Å². The molecule has 104 valence electrons. The van der Waals surface area contributed by atoms with Gasteiger partial charge in [0.15, 0.2) is 18.2 Å². The monoisotopic (exact) mass is 268 g/mol. The molecule has 0 saturated carbocycles. The Hall–Kier alpha value is -1.31. The summed E-state index contributed by atoms with van der Waals surface area (Å²) in [6, 6.07) is 8.97. The lowest BCUT2D eigenvalue weighted by atomic mass is 10.0. The average Bonchev–Trinajstić information content (AvgIpc) is 2.47. The second kappa shape index (κ2) is 6.23. The van der Waals surface area contributed by atoms with Crippen LogP contribution in [0.15, 0.2) is 30.3 Å². The molecule has 1 unspecified atom stereocenters. The topological polar surface area (TPSA) is 96.2 Å². The summed E-state index contributed by atoms with van der Waals surface area (Å²) >= 11 is 0. The molecule has 0 aromatic heterocycles. The lowest BCUT2D eigenvalue weighted by Gasteiger charge is -2.33. The largest absolute Gasteiger partial charge is 0.393 e. The van der Waals surface area contributed by atoms with Crippen molar-refractivity contribution in [2.24, 2.45) is 0 Å². The van der Waals surface area contributed by atoms with Crippen LogP contribution in [0, 0.1) is 0 Å². The number of carbonyl (C=O) groups is 1. The van der Waals surface area contributed by atoms with Crippen molar-refractivity contribution < 1.29 is 29.6 Å². The van der Waals surface area contributed by atoms with Gasteiger partial charge in [-0.2, -0.15) is 0 Å². The van der Waals surface area contributed by atoms with Crippen LogP contribution in [0.3, 0.4) is 0 Å². The van der Waals surface area contributed by atoms with Crippen molar-refractivity contribution in [3.05, 3.63) is 35.9 Å². The first-order chi connectivity index (χ1) is 9.13. The van der Waals surface area contributed by atoms with E-state index < -0.39 is 37.0 Å². The van der Waals surface area contributed by atoms with E-state index in [0.29, 0.717) is 5.56 Å². The molecular formula is C13H16O6. The van der Waals surface area contributed by atoms with E-state index >= 15 is 0 Å². The number of benzene rings is 1. The summed E-state index contributed by atoms with van der Waals surface area (Å²) in [6.45, 7) is -0.781. The van der Waals surface area contributed by atoms with Crippen molar-refractivity contribution in [1.29, 1.82) is 0 Å². The molecule has 1 saturated heterocycles. The van der Waals surface area contributed by atoms with Gasteiger partial charge in [0.05, 0.1) is 13.2 Å². The lowest BCUT2D eigenvalue weighted by Crippen LogP contribution is -2.49. The van der Waals surface area contributed by atoms with Crippen LogP contribution in [0.5, 0.6) is 0 Å². The Balaban J connectivity index is 2.10. The van der Waals surface area contributed by atoms with E-state index in [1.165, 1.54) is 0 Å². The highest BCUT2D eigenvalue weighted by Gasteiger charge is 2.38. The van der Waals surface area contributed by atoms with E-state index in [9.17, 15) is 15.0 Å². The summed E-state index contributed by atoms with van der Waals surface area (Å²) in [7, 11) is 0. The van der Waals surface area contributed by atoms with Crippen LogP contribution in [0.4, 0.5) is 0 Å². The van der Waals surface area contributed by atoms with E-state index in [1.807, 2.05) is 6.07 Å². The molecule has 0 spiro atoms. The van der Waals surface area contributed by atoms with Crippen LogP contribution in [0.1, 0.15) is 11.9 Å². The normalized spacial score (nSPS) is 28.9. The number of aliphatic hydroxyl groups is 3. The molecule has 0 radical (unpaired) electrons. The van der Waals surface area contributed by atoms with E-state index in [2.05, 4.69) is 0 Å². The quantitative estimate of drug-likeness (QED) is 0.674. The minimum absolute atomic E-state index is 0.0753. The van der Waals surface area contributed by atoms with Crippen LogP contribution in [-0.4, -0.2) is 52.6 Å². The number of carbonyl (C=O) groups excluding carboxylic acids is 1. The number of hydrogen-bond acceptors (Lipinski definition) is 6. The third-order valence-corrected chi connectivity index (χ3v) is 2.89. The molecule has 0 bridgehead atoms. The summed E-state index contributed by atoms with van der Waals surface area (Å²) in [5, 5.41) is 27.8. The third kappa shape index (κ3) is 3.17. The number of hydrogen-bond donors (Lipinski definition) is 3. The van der Waals surface area contributed by atoms with Gasteiger partial charge in [0.2, 0.25) is 0 Å². The second-order valence-electron chi connectivity index (χ2n) is 4.30. The molecule has 1 aromatic carbocycles. The van der Waals surface area contributed by atoms with Gasteiger partial charge in [-0.25, -0.2) is 0 Å². The molecule has 1 aromatic rings. The van der Waals surface area contributed by atoms with E-state index in [0.717, 1.165) is 0 Å². The highest BCUT2D eigenvalue weighted by molar-refractivity contribution is 5.88. The van der Waals surface area contributed by atoms with Crippen molar-refractivity contribution in [3.8, 4) is 0 Å². The van der Waals surface area contributed by atoms with Gasteiger partial charge in [-0.3, -0.25) is 4.79 Å². The third-order valence-electron chi connectivity index (χ3n) is 2.89. The molecule has 0 amide bonds. The van der Waals surface area contributed by atoms with Crippen molar-refractivity contribution in [2.45, 2.75) is 24.6 Å². The van der Waals surface area contributed by atoms with Gasteiger partial charge < -0.3 is 24.8 Å². The highest BCUT2D eigenvalue weighted by Crippen LogP contribution is 2.27. The molecular weight excluding hydrogens is 252 g/mol. The maximum Gasteiger partial charge on any atom is 0.195 e. The van der Waals surface area contributed by atoms with Gasteiger partial charge >= 0.3 is 0 Å². The zero-order valence-electron chi connectivity index (χ0n) is 10.2. The average molecular weight is 268 g/mol. The maximum atomic E-state index is 11.8. The number of rotatable bonds is 4. The van der Waals surface area contributed by atoms with Crippen molar-refractivity contribution in [3.63, 3.8) is 0 Å². The second-order valence-corrected chi connectivity index (χ2v) is 4.30. The van der Waals surface area contributed by atoms with Crippen LogP contribution in [0.2, 0.25) is 0 Å². The van der Waals surface area contributed by atoms with Gasteiger partial charge in [-0.05, 0) is 0 Å². The van der Waals surface area contributed by atoms with Crippen molar-refractivity contribution in [1.82, 2.24) is 0 Å². The Morgan fingerprint density at radius 2 is 2.05 bits per heavy atom. The first-order valence-corrected chi connectivity index (χ1v) is 5.96. The zero-order valence-corrected chi connectivity index (χ0v) is 10.2. The summed E-state index contributed by atoms with van der Waals surface area (Å²) in [4.78, 5) is 11.8. The van der Waals surface area contributed by atoms with Crippen molar-refractivity contribution >= 4 is 5.78 Å². The Labute approximate surface area is 110 Å². The SMILES string of the molecule is O=C([C@H]1OC(c2ccccc2)OC[C@H]1O)[C@@H](O)CO. The molecule has 1 fully saturated rings. The molecule has 3 N–H and O–H groups in total. The number of Topliss-reactive ketones (excluding diaryl/α,β-unsaturated/α-hetero) is 1. The zero-order chi connectivity index (χ0) is 13.8. The minimum atomic E-state index is -1.56. The highest BCUT2D eigenvalue weighted by atomic mass is 16.7. The first kappa shape index (κ1) is 14.1. The first-order valence-electron chi connectivity index (χ1n) is 5.96. The Morgan fingerprint density at radius 3 is 2.68 bits per heavy atom. The number of ether oxygens (including phenoxy) is 2. The van der Waals surface area contributed by atoms with Gasteiger partial charge in [-0.15, -0.1) is 0 Å². The maximum absolute atomic E-state index is 11.8. The summed E-state index contributed by atoms with van der Waals surface area (Å²) in [6.07, 6.45) is -4.70. The predicted octanol–water partition coefficient (Wildman–Crippen LogP) is -0.616. The van der Waals surface area contributed by atoms with Gasteiger partial charge in [0, 0.05) is 5.56 Å². The molecule has 1 heterocycles. The van der Waals surface area contributed by atoms with Gasteiger partial charge in [0.1, 0.15) is 12.2 Å². The van der Waals surface area contributed by atoms with Crippen LogP contribution in [-0.2, 0) is 14.3 Å². The van der Waals surface area contributed by atoms with Crippen LogP contribution >= 0.6 is 0 Å². The van der Waals surface area contributed by atoms with Crippen LogP contribution in [0.25, 0.3) is 0 Å². The molecule has 6 heteroatoms. The molecule has 4 atom stereocenters. The Morgan fingerprint density at radius 1 is 1.37 bits per heavy atom. The predicted molar refractivity (Wildman–Crippen MR) is 64.1 cm³/mol. The van der Waals surface area contributed by atoms with E-state index in [4.69, 9.17) is 14.6 Å². The number of aliphatic hydroxyl groups excluding tert-OH is 3. The molecule has 1 aliphatic heterocycles. The van der Waals surface area contributed by atoms with Gasteiger partial charge in [-0.1, -0.05) is 30.3 Å². The Bertz CT molecular complexity index is 420. The minimum Gasteiger partial charge on any atom is -0.393 e. The summed E-state index contributed by atoms with van der Waals surface area (Å²) in [5.41, 5.74) is 0.714. The standard InChI is InChI=1S/C13H16O6/c14-6-9(15)11(17)12-10(16)7-18-13(19-12)8-4-2-1-3-5-8/h1-5,9-10,12-16H,6-7H2/t9-,10+,12-,13?/m0/s1. The fourth-order valence-corrected chi connectivity index (χ4v) is 1.86. The molecule has 2 rings (SSSR count). The van der Waals surface area contributed by atoms with E-state index in [1.54, 1.807) is 24.3 Å². The molecule has 1 aliphatic rings. The smallest absolute Gasteiger partial charge is 0.195 e. The Kier molecular flexibility index (Phi) is 4.62. The van der Waals surface area contributed by atoms with Crippen molar-refractivity contribution in [2.75, 3.05) is 13.2 Å². The number of ketones is 1. The summed E-state index contributed by atoms with van der Waals surface area (Å²) < 4.78 is 10.7. The fourth-order valence-electron chi connectivity index (χ4n) is 1.86. The van der Waals surface area contributed by atoms with E-state index in [-0.39, 0.29) is 6.61 Å². The molecule has 19 heavy (non-hydrogen) atoms. The fraction of sp³-hybridized carbons (Fsp3) is 0.462. The lowest BCUT2D eigenvalue weighted by molar-refractivity contribution is -0.253. The van der Waals surface area contributed by atoms with Crippen LogP contribution < -0.4 is 0 Å². The molecule has 6 nitrogen and oxygen atoms in total. The summed E-state index contributed by atoms with van der Waals surface area (Å²) in [5.74, 6) is -0.751.